The number of aryl methyl sites for hydroxylation is 1. The molecule has 5 nitrogen and oxygen atoms in total. The van der Waals surface area contributed by atoms with E-state index in [-0.39, 0.29) is 11.9 Å². The molecule has 1 spiro atoms. The van der Waals surface area contributed by atoms with Crippen molar-refractivity contribution < 1.29 is 4.79 Å². The summed E-state index contributed by atoms with van der Waals surface area (Å²) in [5.41, 5.74) is 3.30. The van der Waals surface area contributed by atoms with Gasteiger partial charge in [0, 0.05) is 24.4 Å². The fraction of sp³-hybridized carbons (Fsp3) is 0.733. The molecule has 2 fully saturated rings. The number of nitrogens with one attached hydrogen (secondary N) is 3. The monoisotopic (exact) mass is 308 g/mol. The van der Waals surface area contributed by atoms with Crippen molar-refractivity contribution in [3.63, 3.8) is 0 Å². The Bertz CT molecular complexity index is 496. The van der Waals surface area contributed by atoms with Gasteiger partial charge in [-0.1, -0.05) is 0 Å². The first-order valence-corrected chi connectivity index (χ1v) is 8.67. The van der Waals surface area contributed by atoms with Gasteiger partial charge in [-0.2, -0.15) is 0 Å². The highest BCUT2D eigenvalue weighted by molar-refractivity contribution is 7.09. The summed E-state index contributed by atoms with van der Waals surface area (Å²) in [5.74, 6) is 0.160. The van der Waals surface area contributed by atoms with Crippen molar-refractivity contribution in [2.24, 2.45) is 5.41 Å². The van der Waals surface area contributed by atoms with Crippen molar-refractivity contribution in [2.45, 2.75) is 38.6 Å². The number of thiazole rings is 1. The fourth-order valence-corrected chi connectivity index (χ4v) is 4.21. The van der Waals surface area contributed by atoms with Crippen molar-refractivity contribution in [1.82, 2.24) is 20.9 Å². The average Bonchev–Trinajstić information content (AvgIpc) is 3.07. The summed E-state index contributed by atoms with van der Waals surface area (Å²) in [4.78, 5) is 17.8. The van der Waals surface area contributed by atoms with Gasteiger partial charge in [0.2, 0.25) is 5.91 Å². The molecule has 0 bridgehead atoms. The van der Waals surface area contributed by atoms with Crippen molar-refractivity contribution in [3.05, 3.63) is 16.1 Å². The smallest absolute Gasteiger partial charge is 0.237 e. The lowest BCUT2D eigenvalue weighted by Gasteiger charge is -2.33. The number of nitrogens with zero attached hydrogens (tertiary/aromatic N) is 1. The van der Waals surface area contributed by atoms with Gasteiger partial charge in [0.1, 0.15) is 0 Å². The zero-order chi connectivity index (χ0) is 14.7. The summed E-state index contributed by atoms with van der Waals surface area (Å²) in [6, 6.07) is -0.00865. The Kier molecular flexibility index (Phi) is 4.57. The minimum Gasteiger partial charge on any atom is -0.354 e. The zero-order valence-corrected chi connectivity index (χ0v) is 13.4. The Labute approximate surface area is 129 Å². The van der Waals surface area contributed by atoms with Crippen molar-refractivity contribution >= 4 is 17.2 Å². The van der Waals surface area contributed by atoms with Crippen LogP contribution in [0.25, 0.3) is 0 Å². The molecule has 1 atom stereocenters. The van der Waals surface area contributed by atoms with E-state index in [9.17, 15) is 4.79 Å². The number of hydrogen-bond acceptors (Lipinski definition) is 5. The highest BCUT2D eigenvalue weighted by Gasteiger charge is 2.41. The van der Waals surface area contributed by atoms with Crippen LogP contribution < -0.4 is 16.0 Å². The zero-order valence-electron chi connectivity index (χ0n) is 12.6. The van der Waals surface area contributed by atoms with E-state index in [4.69, 9.17) is 0 Å². The van der Waals surface area contributed by atoms with E-state index < -0.39 is 0 Å². The molecule has 0 unspecified atom stereocenters. The molecule has 1 aromatic heterocycles. The standard InChI is InChI=1S/C15H24N4OS/c1-11-13(21-10-19-11)2-5-17-14(20)12-8-15(9-18-12)3-6-16-7-4-15/h10,12,16,18H,2-9H2,1H3,(H,17,20)/t12-/m0/s1. The molecule has 0 radical (unpaired) electrons. The molecule has 116 valence electrons. The normalized spacial score (nSPS) is 24.3. The maximum Gasteiger partial charge on any atom is 0.237 e. The van der Waals surface area contributed by atoms with Crippen LogP contribution >= 0.6 is 11.3 Å². The number of carbonyl (C=O) groups is 1. The largest absolute Gasteiger partial charge is 0.354 e. The molecule has 21 heavy (non-hydrogen) atoms. The first-order valence-electron chi connectivity index (χ1n) is 7.79. The third kappa shape index (κ3) is 3.44. The highest BCUT2D eigenvalue weighted by atomic mass is 32.1. The fourth-order valence-electron chi connectivity index (χ4n) is 3.43. The van der Waals surface area contributed by atoms with E-state index in [1.165, 1.54) is 17.7 Å². The van der Waals surface area contributed by atoms with Gasteiger partial charge < -0.3 is 16.0 Å². The third-order valence-electron chi connectivity index (χ3n) is 4.84. The maximum atomic E-state index is 12.3. The molecule has 0 aliphatic carbocycles. The first-order chi connectivity index (χ1) is 10.2. The van der Waals surface area contributed by atoms with Crippen molar-refractivity contribution in [2.75, 3.05) is 26.2 Å². The van der Waals surface area contributed by atoms with Gasteiger partial charge >= 0.3 is 0 Å². The van der Waals surface area contributed by atoms with Gasteiger partial charge in [0.15, 0.2) is 0 Å². The Balaban J connectivity index is 1.45. The van der Waals surface area contributed by atoms with Crippen LogP contribution in [0.15, 0.2) is 5.51 Å². The summed E-state index contributed by atoms with van der Waals surface area (Å²) in [5, 5.41) is 9.90. The number of carbonyl (C=O) groups excluding carboxylic acids is 1. The number of piperidine rings is 1. The SMILES string of the molecule is Cc1ncsc1CCNC(=O)[C@@H]1CC2(CCNCC2)CN1. The molecule has 2 saturated heterocycles. The summed E-state index contributed by atoms with van der Waals surface area (Å²) in [6.07, 6.45) is 4.23. The Hall–Kier alpha value is -0.980. The predicted octanol–water partition coefficient (Wildman–Crippen LogP) is 0.842. The molecule has 0 aromatic carbocycles. The number of amides is 1. The average molecular weight is 308 g/mol. The molecule has 3 rings (SSSR count). The van der Waals surface area contributed by atoms with Crippen LogP contribution in [0.5, 0.6) is 0 Å². The second-order valence-electron chi connectivity index (χ2n) is 6.29. The quantitative estimate of drug-likeness (QED) is 0.771. The van der Waals surface area contributed by atoms with Gasteiger partial charge in [-0.25, -0.2) is 4.98 Å². The van der Waals surface area contributed by atoms with Crippen LogP contribution in [0.3, 0.4) is 0 Å². The lowest BCUT2D eigenvalue weighted by Crippen LogP contribution is -2.41. The molecule has 3 heterocycles. The molecule has 6 heteroatoms. The highest BCUT2D eigenvalue weighted by Crippen LogP contribution is 2.37. The minimum absolute atomic E-state index is 0.00865. The third-order valence-corrected chi connectivity index (χ3v) is 5.83. The maximum absolute atomic E-state index is 12.3. The van der Waals surface area contributed by atoms with Crippen LogP contribution in [0, 0.1) is 12.3 Å². The summed E-state index contributed by atoms with van der Waals surface area (Å²) in [7, 11) is 0. The second-order valence-corrected chi connectivity index (χ2v) is 7.23. The van der Waals surface area contributed by atoms with Gasteiger partial charge in [0.05, 0.1) is 17.2 Å². The number of rotatable bonds is 4. The molecule has 2 aliphatic rings. The Morgan fingerprint density at radius 2 is 2.33 bits per heavy atom. The molecule has 1 aromatic rings. The van der Waals surface area contributed by atoms with Crippen molar-refractivity contribution in [1.29, 1.82) is 0 Å². The van der Waals surface area contributed by atoms with Crippen LogP contribution in [0.2, 0.25) is 0 Å². The summed E-state index contributed by atoms with van der Waals surface area (Å²) in [6.45, 7) is 5.88. The van der Waals surface area contributed by atoms with E-state index in [2.05, 4.69) is 20.9 Å². The number of hydrogen-bond donors (Lipinski definition) is 3. The minimum atomic E-state index is -0.00865. The van der Waals surface area contributed by atoms with Crippen LogP contribution in [-0.2, 0) is 11.2 Å². The second kappa shape index (κ2) is 6.42. The van der Waals surface area contributed by atoms with Gasteiger partial charge in [-0.15, -0.1) is 11.3 Å². The molecule has 2 aliphatic heterocycles. The molecule has 1 amide bonds. The Morgan fingerprint density at radius 1 is 1.52 bits per heavy atom. The predicted molar refractivity (Wildman–Crippen MR) is 84.5 cm³/mol. The van der Waals surface area contributed by atoms with E-state index in [0.29, 0.717) is 12.0 Å². The molecular weight excluding hydrogens is 284 g/mol. The van der Waals surface area contributed by atoms with E-state index in [1.54, 1.807) is 11.3 Å². The molecule has 0 saturated carbocycles. The van der Waals surface area contributed by atoms with E-state index in [0.717, 1.165) is 38.2 Å². The van der Waals surface area contributed by atoms with E-state index >= 15 is 0 Å². The van der Waals surface area contributed by atoms with E-state index in [1.807, 2.05) is 12.4 Å². The van der Waals surface area contributed by atoms with Crippen molar-refractivity contribution in [3.8, 4) is 0 Å². The Morgan fingerprint density at radius 3 is 3.05 bits per heavy atom. The number of aromatic nitrogens is 1. The molecule has 3 N–H and O–H groups in total. The van der Waals surface area contributed by atoms with Crippen LogP contribution in [-0.4, -0.2) is 43.1 Å². The van der Waals surface area contributed by atoms with Gasteiger partial charge in [-0.3, -0.25) is 4.79 Å². The first kappa shape index (κ1) is 14.9. The van der Waals surface area contributed by atoms with Crippen LogP contribution in [0.4, 0.5) is 0 Å². The van der Waals surface area contributed by atoms with Gasteiger partial charge in [-0.05, 0) is 44.7 Å². The van der Waals surface area contributed by atoms with Gasteiger partial charge in [0.25, 0.3) is 0 Å². The summed E-state index contributed by atoms with van der Waals surface area (Å²) < 4.78 is 0. The molecular formula is C15H24N4OS. The lowest BCUT2D eigenvalue weighted by atomic mass is 9.77. The summed E-state index contributed by atoms with van der Waals surface area (Å²) >= 11 is 1.67. The van der Waals surface area contributed by atoms with Crippen LogP contribution in [0.1, 0.15) is 29.8 Å². The lowest BCUT2D eigenvalue weighted by molar-refractivity contribution is -0.122. The topological polar surface area (TPSA) is 66.0 Å².